The fraction of sp³-hybridized carbons (Fsp3) is 0.0870. The molecule has 1 fully saturated rings. The Balaban J connectivity index is 1.66. The maximum Gasteiger partial charge on any atom is 0.270 e. The molecule has 0 atom stereocenters. The van der Waals surface area contributed by atoms with E-state index < -0.39 is 21.8 Å². The Morgan fingerprint density at radius 3 is 2.36 bits per heavy atom. The van der Waals surface area contributed by atoms with Crippen LogP contribution in [0, 0.1) is 13.8 Å². The molecule has 8 nitrogen and oxygen atoms in total. The first-order chi connectivity index (χ1) is 15.5. The van der Waals surface area contributed by atoms with Gasteiger partial charge in [-0.1, -0.05) is 17.7 Å². The van der Waals surface area contributed by atoms with E-state index in [2.05, 4.69) is 5.32 Å². The highest BCUT2D eigenvalue weighted by Crippen LogP contribution is 2.28. The third-order valence-corrected chi connectivity index (χ3v) is 6.29. The average Bonchev–Trinajstić information content (AvgIpc) is 3.21. The molecule has 1 aliphatic rings. The number of amides is 2. The van der Waals surface area contributed by atoms with Gasteiger partial charge in [-0.15, -0.1) is 0 Å². The van der Waals surface area contributed by atoms with E-state index in [9.17, 15) is 18.0 Å². The minimum Gasteiger partial charge on any atom is -0.457 e. The maximum absolute atomic E-state index is 13.2. The van der Waals surface area contributed by atoms with Crippen LogP contribution in [0.25, 0.3) is 17.4 Å². The van der Waals surface area contributed by atoms with Gasteiger partial charge >= 0.3 is 0 Å². The minimum absolute atomic E-state index is 0.00387. The predicted octanol–water partition coefficient (Wildman–Crippen LogP) is 3.04. The van der Waals surface area contributed by atoms with Crippen molar-refractivity contribution in [1.29, 1.82) is 0 Å². The third-order valence-electron chi connectivity index (χ3n) is 5.08. The molecule has 2 aromatic carbocycles. The Morgan fingerprint density at radius 1 is 1.03 bits per heavy atom. The van der Waals surface area contributed by atoms with Gasteiger partial charge in [-0.05, 0) is 80.2 Å². The highest BCUT2D eigenvalue weighted by atomic mass is 32.2. The van der Waals surface area contributed by atoms with Crippen molar-refractivity contribution in [1.82, 2.24) is 5.32 Å². The number of carbonyl (C=O) groups excluding carboxylic acids is 2. The standard InChI is InChI=1S/C23H19N3O5S2/c1-13-3-9-19(14(2)11-13)26-22(28)18(21(27)25-23(26)32)12-16-6-10-20(31-16)15-4-7-17(8-5-15)33(24,29)30/h3-12H,1-2H3,(H2,24,29,30)(H,25,27,32)/b18-12+. The van der Waals surface area contributed by atoms with Crippen LogP contribution in [0.3, 0.4) is 0 Å². The fourth-order valence-electron chi connectivity index (χ4n) is 3.47. The van der Waals surface area contributed by atoms with Gasteiger partial charge in [-0.25, -0.2) is 13.6 Å². The van der Waals surface area contributed by atoms with Gasteiger partial charge in [-0.3, -0.25) is 19.8 Å². The van der Waals surface area contributed by atoms with Crippen molar-refractivity contribution >= 4 is 50.9 Å². The molecular weight excluding hydrogens is 462 g/mol. The lowest BCUT2D eigenvalue weighted by Crippen LogP contribution is -2.54. The molecule has 0 unspecified atom stereocenters. The monoisotopic (exact) mass is 481 g/mol. The molecular formula is C23H19N3O5S2. The summed E-state index contributed by atoms with van der Waals surface area (Å²) >= 11 is 5.25. The number of nitrogens with two attached hydrogens (primary N) is 1. The zero-order valence-corrected chi connectivity index (χ0v) is 19.3. The van der Waals surface area contributed by atoms with Crippen molar-refractivity contribution in [3.63, 3.8) is 0 Å². The number of anilines is 1. The Morgan fingerprint density at radius 2 is 1.73 bits per heavy atom. The summed E-state index contributed by atoms with van der Waals surface area (Å²) in [6, 6.07) is 14.6. The summed E-state index contributed by atoms with van der Waals surface area (Å²) in [4.78, 5) is 27.0. The summed E-state index contributed by atoms with van der Waals surface area (Å²) in [5, 5.41) is 7.67. The molecule has 3 N–H and O–H groups in total. The maximum atomic E-state index is 13.2. The topological polar surface area (TPSA) is 123 Å². The number of aryl methyl sites for hydroxylation is 2. The molecule has 1 saturated heterocycles. The van der Waals surface area contributed by atoms with Crippen molar-refractivity contribution in [2.24, 2.45) is 5.14 Å². The molecule has 33 heavy (non-hydrogen) atoms. The first-order valence-electron chi connectivity index (χ1n) is 9.76. The number of hydrogen-bond acceptors (Lipinski definition) is 6. The Hall–Kier alpha value is -3.60. The largest absolute Gasteiger partial charge is 0.457 e. The van der Waals surface area contributed by atoms with Crippen LogP contribution >= 0.6 is 12.2 Å². The number of primary sulfonamides is 1. The van der Waals surface area contributed by atoms with E-state index in [0.717, 1.165) is 11.1 Å². The second-order valence-corrected chi connectivity index (χ2v) is 9.47. The molecule has 1 aromatic heterocycles. The number of hydrogen-bond donors (Lipinski definition) is 2. The number of benzene rings is 2. The minimum atomic E-state index is -3.80. The molecule has 2 amide bonds. The van der Waals surface area contributed by atoms with E-state index in [1.54, 1.807) is 30.3 Å². The number of rotatable bonds is 4. The summed E-state index contributed by atoms with van der Waals surface area (Å²) in [6.45, 7) is 3.80. The summed E-state index contributed by atoms with van der Waals surface area (Å²) in [7, 11) is -3.80. The van der Waals surface area contributed by atoms with Crippen LogP contribution in [0.1, 0.15) is 16.9 Å². The van der Waals surface area contributed by atoms with E-state index in [4.69, 9.17) is 21.8 Å². The van der Waals surface area contributed by atoms with Gasteiger partial charge in [0.1, 0.15) is 17.1 Å². The quantitative estimate of drug-likeness (QED) is 0.335. The van der Waals surface area contributed by atoms with Crippen LogP contribution in [0.5, 0.6) is 0 Å². The summed E-state index contributed by atoms with van der Waals surface area (Å²) in [5.74, 6) is -0.492. The first kappa shape index (κ1) is 22.6. The van der Waals surface area contributed by atoms with Gasteiger partial charge in [0.25, 0.3) is 11.8 Å². The first-order valence-corrected chi connectivity index (χ1v) is 11.7. The number of nitrogens with one attached hydrogen (secondary N) is 1. The van der Waals surface area contributed by atoms with Crippen LogP contribution in [-0.4, -0.2) is 25.3 Å². The molecule has 0 spiro atoms. The Labute approximate surface area is 195 Å². The third kappa shape index (κ3) is 4.49. The van der Waals surface area contributed by atoms with Gasteiger partial charge in [0, 0.05) is 5.56 Å². The van der Waals surface area contributed by atoms with Crippen LogP contribution in [0.15, 0.2) is 69.5 Å². The van der Waals surface area contributed by atoms with E-state index >= 15 is 0 Å². The number of thiocarbonyl (C=S) groups is 1. The normalized spacial score (nSPS) is 15.8. The number of carbonyl (C=O) groups is 2. The second kappa shape index (κ2) is 8.39. The van der Waals surface area contributed by atoms with Crippen molar-refractivity contribution in [3.05, 3.63) is 77.1 Å². The zero-order valence-electron chi connectivity index (χ0n) is 17.7. The van der Waals surface area contributed by atoms with E-state index in [0.29, 0.717) is 17.0 Å². The highest BCUT2D eigenvalue weighted by molar-refractivity contribution is 7.89. The van der Waals surface area contributed by atoms with Crippen molar-refractivity contribution < 1.29 is 22.4 Å². The summed E-state index contributed by atoms with van der Waals surface area (Å²) in [5.41, 5.74) is 2.92. The molecule has 168 valence electrons. The van der Waals surface area contributed by atoms with Crippen LogP contribution < -0.4 is 15.4 Å². The number of nitrogens with zero attached hydrogens (tertiary/aromatic N) is 1. The van der Waals surface area contributed by atoms with Crippen molar-refractivity contribution in [3.8, 4) is 11.3 Å². The van der Waals surface area contributed by atoms with Crippen LogP contribution in [0.2, 0.25) is 0 Å². The molecule has 2 heterocycles. The second-order valence-electron chi connectivity index (χ2n) is 7.52. The van der Waals surface area contributed by atoms with Crippen molar-refractivity contribution in [2.45, 2.75) is 18.7 Å². The Bertz CT molecular complexity index is 1440. The molecule has 4 rings (SSSR count). The van der Waals surface area contributed by atoms with Gasteiger partial charge in [0.05, 0.1) is 10.6 Å². The molecule has 0 bridgehead atoms. The smallest absolute Gasteiger partial charge is 0.270 e. The average molecular weight is 482 g/mol. The van der Waals surface area contributed by atoms with Gasteiger partial charge < -0.3 is 4.42 Å². The predicted molar refractivity (Wildman–Crippen MR) is 128 cm³/mol. The molecule has 3 aromatic rings. The molecule has 0 aliphatic carbocycles. The van der Waals surface area contributed by atoms with E-state index in [1.807, 2.05) is 26.0 Å². The SMILES string of the molecule is Cc1ccc(N2C(=O)/C(=C/c3ccc(-c4ccc(S(N)(=O)=O)cc4)o3)C(=O)NC2=S)c(C)c1. The van der Waals surface area contributed by atoms with Gasteiger partial charge in [0.2, 0.25) is 10.0 Å². The van der Waals surface area contributed by atoms with E-state index in [1.165, 1.54) is 23.1 Å². The Kier molecular flexibility index (Phi) is 5.75. The highest BCUT2D eigenvalue weighted by Gasteiger charge is 2.35. The lowest BCUT2D eigenvalue weighted by Gasteiger charge is -2.30. The lowest BCUT2D eigenvalue weighted by molar-refractivity contribution is -0.122. The van der Waals surface area contributed by atoms with Crippen LogP contribution in [0.4, 0.5) is 5.69 Å². The number of furan rings is 1. The molecule has 10 heteroatoms. The molecule has 0 saturated carbocycles. The fourth-order valence-corrected chi connectivity index (χ4v) is 4.26. The van der Waals surface area contributed by atoms with Gasteiger partial charge in [-0.2, -0.15) is 0 Å². The molecule has 1 aliphatic heterocycles. The molecule has 0 radical (unpaired) electrons. The number of sulfonamides is 1. The van der Waals surface area contributed by atoms with E-state index in [-0.39, 0.29) is 21.3 Å². The lowest BCUT2D eigenvalue weighted by atomic mass is 10.1. The summed E-state index contributed by atoms with van der Waals surface area (Å²) < 4.78 is 28.6. The van der Waals surface area contributed by atoms with Gasteiger partial charge in [0.15, 0.2) is 5.11 Å². The van der Waals surface area contributed by atoms with Crippen LogP contribution in [-0.2, 0) is 19.6 Å². The van der Waals surface area contributed by atoms with Crippen molar-refractivity contribution in [2.75, 3.05) is 4.90 Å². The summed E-state index contributed by atoms with van der Waals surface area (Å²) in [6.07, 6.45) is 1.35. The zero-order chi connectivity index (χ0) is 23.9.